The summed E-state index contributed by atoms with van der Waals surface area (Å²) in [7, 11) is 1.92. The third-order valence-electron chi connectivity index (χ3n) is 3.33. The Balaban J connectivity index is 1.91. The number of para-hydroxylation sites is 1. The van der Waals surface area contributed by atoms with Gasteiger partial charge in [0.25, 0.3) is 0 Å². The number of amides is 1. The van der Waals surface area contributed by atoms with Crippen molar-refractivity contribution in [2.24, 2.45) is 0 Å². The monoisotopic (exact) mass is 346 g/mol. The third kappa shape index (κ3) is 4.60. The molecule has 4 heteroatoms. The normalized spacial score (nSPS) is 11.8. The highest BCUT2D eigenvalue weighted by molar-refractivity contribution is 9.10. The van der Waals surface area contributed by atoms with E-state index in [2.05, 4.69) is 21.2 Å². The van der Waals surface area contributed by atoms with Crippen LogP contribution in [0.1, 0.15) is 18.5 Å². The summed E-state index contributed by atoms with van der Waals surface area (Å²) in [5.41, 5.74) is 2.12. The first-order chi connectivity index (χ1) is 10.1. The Labute approximate surface area is 134 Å². The average Bonchev–Trinajstić information content (AvgIpc) is 2.48. The standard InChI is InChI=1S/C17H19BrN2O/c1-13(14-8-10-15(18)11-9-14)19-17(21)12-20(2)16-6-4-3-5-7-16/h3-11,13H,12H2,1-2H3,(H,19,21). The summed E-state index contributed by atoms with van der Waals surface area (Å²) in [6.45, 7) is 2.33. The van der Waals surface area contributed by atoms with Crippen molar-refractivity contribution in [1.82, 2.24) is 5.32 Å². The van der Waals surface area contributed by atoms with Crippen molar-refractivity contribution in [2.75, 3.05) is 18.5 Å². The second-order valence-corrected chi connectivity index (χ2v) is 5.95. The number of halogens is 1. The number of nitrogens with zero attached hydrogens (tertiary/aromatic N) is 1. The van der Waals surface area contributed by atoms with Gasteiger partial charge in [0.1, 0.15) is 0 Å². The predicted molar refractivity (Wildman–Crippen MR) is 90.4 cm³/mol. The van der Waals surface area contributed by atoms with E-state index in [0.29, 0.717) is 6.54 Å². The number of hydrogen-bond donors (Lipinski definition) is 1. The van der Waals surface area contributed by atoms with Gasteiger partial charge in [-0.2, -0.15) is 0 Å². The molecule has 2 aromatic carbocycles. The number of anilines is 1. The Hall–Kier alpha value is -1.81. The van der Waals surface area contributed by atoms with Crippen LogP contribution in [0.4, 0.5) is 5.69 Å². The van der Waals surface area contributed by atoms with Gasteiger partial charge in [-0.1, -0.05) is 46.3 Å². The molecule has 3 nitrogen and oxygen atoms in total. The van der Waals surface area contributed by atoms with E-state index >= 15 is 0 Å². The van der Waals surface area contributed by atoms with Crippen LogP contribution in [0, 0.1) is 0 Å². The molecular weight excluding hydrogens is 328 g/mol. The van der Waals surface area contributed by atoms with Crippen LogP contribution in [0.5, 0.6) is 0 Å². The van der Waals surface area contributed by atoms with Crippen LogP contribution in [0.3, 0.4) is 0 Å². The molecular formula is C17H19BrN2O. The zero-order valence-corrected chi connectivity index (χ0v) is 13.8. The summed E-state index contributed by atoms with van der Waals surface area (Å²) >= 11 is 3.41. The molecule has 1 N–H and O–H groups in total. The first-order valence-corrected chi connectivity index (χ1v) is 7.66. The Morgan fingerprint density at radius 1 is 1.14 bits per heavy atom. The van der Waals surface area contributed by atoms with Crippen molar-refractivity contribution in [3.63, 3.8) is 0 Å². The minimum Gasteiger partial charge on any atom is -0.365 e. The van der Waals surface area contributed by atoms with Crippen LogP contribution in [0.25, 0.3) is 0 Å². The van der Waals surface area contributed by atoms with E-state index < -0.39 is 0 Å². The molecule has 21 heavy (non-hydrogen) atoms. The van der Waals surface area contributed by atoms with Gasteiger partial charge in [-0.15, -0.1) is 0 Å². The van der Waals surface area contributed by atoms with E-state index in [1.54, 1.807) is 0 Å². The van der Waals surface area contributed by atoms with Crippen LogP contribution in [-0.4, -0.2) is 19.5 Å². The summed E-state index contributed by atoms with van der Waals surface area (Å²) in [6, 6.07) is 17.9. The van der Waals surface area contributed by atoms with Crippen LogP contribution >= 0.6 is 15.9 Å². The number of benzene rings is 2. The van der Waals surface area contributed by atoms with E-state index in [0.717, 1.165) is 15.7 Å². The Morgan fingerprint density at radius 3 is 2.38 bits per heavy atom. The first kappa shape index (κ1) is 15.6. The second kappa shape index (κ2) is 7.27. The second-order valence-electron chi connectivity index (χ2n) is 5.03. The summed E-state index contributed by atoms with van der Waals surface area (Å²) in [6.07, 6.45) is 0. The number of carbonyl (C=O) groups excluding carboxylic acids is 1. The van der Waals surface area contributed by atoms with Gasteiger partial charge in [0.2, 0.25) is 5.91 Å². The predicted octanol–water partition coefficient (Wildman–Crippen LogP) is 3.76. The molecule has 0 aliphatic heterocycles. The lowest BCUT2D eigenvalue weighted by molar-refractivity contribution is -0.120. The third-order valence-corrected chi connectivity index (χ3v) is 3.85. The quantitative estimate of drug-likeness (QED) is 0.893. The lowest BCUT2D eigenvalue weighted by Crippen LogP contribution is -2.36. The summed E-state index contributed by atoms with van der Waals surface area (Å²) in [5, 5.41) is 3.02. The molecule has 0 radical (unpaired) electrons. The molecule has 2 rings (SSSR count). The molecule has 110 valence electrons. The van der Waals surface area contributed by atoms with Gasteiger partial charge in [-0.25, -0.2) is 0 Å². The molecule has 1 unspecified atom stereocenters. The minimum absolute atomic E-state index is 0.00484. The Kier molecular flexibility index (Phi) is 5.39. The molecule has 0 spiro atoms. The highest BCUT2D eigenvalue weighted by Crippen LogP contribution is 2.16. The zero-order valence-electron chi connectivity index (χ0n) is 12.2. The molecule has 1 amide bonds. The fourth-order valence-corrected chi connectivity index (χ4v) is 2.38. The number of rotatable bonds is 5. The van der Waals surface area contributed by atoms with Gasteiger partial charge in [0, 0.05) is 17.2 Å². The van der Waals surface area contributed by atoms with Crippen molar-refractivity contribution in [3.8, 4) is 0 Å². The maximum absolute atomic E-state index is 12.1. The molecule has 2 aromatic rings. The maximum Gasteiger partial charge on any atom is 0.239 e. The fourth-order valence-electron chi connectivity index (χ4n) is 2.11. The van der Waals surface area contributed by atoms with Crippen LogP contribution < -0.4 is 10.2 Å². The lowest BCUT2D eigenvalue weighted by Gasteiger charge is -2.21. The van der Waals surface area contributed by atoms with Crippen molar-refractivity contribution >= 4 is 27.5 Å². The van der Waals surface area contributed by atoms with Gasteiger partial charge in [-0.3, -0.25) is 4.79 Å². The van der Waals surface area contributed by atoms with Gasteiger partial charge in [-0.05, 0) is 36.8 Å². The minimum atomic E-state index is -0.00484. The molecule has 0 heterocycles. The highest BCUT2D eigenvalue weighted by atomic mass is 79.9. The first-order valence-electron chi connectivity index (χ1n) is 6.87. The Bertz CT molecular complexity index is 583. The topological polar surface area (TPSA) is 32.3 Å². The molecule has 0 aliphatic carbocycles. The number of nitrogens with one attached hydrogen (secondary N) is 1. The number of likely N-dealkylation sites (N-methyl/N-ethyl adjacent to an activating group) is 1. The SMILES string of the molecule is CC(NC(=O)CN(C)c1ccccc1)c1ccc(Br)cc1. The van der Waals surface area contributed by atoms with E-state index in [1.165, 1.54) is 0 Å². The smallest absolute Gasteiger partial charge is 0.239 e. The molecule has 0 bridgehead atoms. The van der Waals surface area contributed by atoms with Crippen LogP contribution in [0.15, 0.2) is 59.1 Å². The molecule has 0 aliphatic rings. The van der Waals surface area contributed by atoms with Crippen molar-refractivity contribution < 1.29 is 4.79 Å². The summed E-state index contributed by atoms with van der Waals surface area (Å²) in [5.74, 6) is 0.0109. The van der Waals surface area contributed by atoms with Gasteiger partial charge in [0.05, 0.1) is 12.6 Å². The van der Waals surface area contributed by atoms with Gasteiger partial charge in [0.15, 0.2) is 0 Å². The van der Waals surface area contributed by atoms with Crippen molar-refractivity contribution in [3.05, 3.63) is 64.6 Å². The van der Waals surface area contributed by atoms with E-state index in [9.17, 15) is 4.79 Å². The van der Waals surface area contributed by atoms with E-state index in [4.69, 9.17) is 0 Å². The summed E-state index contributed by atoms with van der Waals surface area (Å²) in [4.78, 5) is 14.0. The zero-order chi connectivity index (χ0) is 15.2. The van der Waals surface area contributed by atoms with Crippen molar-refractivity contribution in [2.45, 2.75) is 13.0 Å². The number of hydrogen-bond acceptors (Lipinski definition) is 2. The van der Waals surface area contributed by atoms with Gasteiger partial charge >= 0.3 is 0 Å². The Morgan fingerprint density at radius 2 is 1.76 bits per heavy atom. The van der Waals surface area contributed by atoms with Crippen LogP contribution in [-0.2, 0) is 4.79 Å². The lowest BCUT2D eigenvalue weighted by atomic mass is 10.1. The van der Waals surface area contributed by atoms with Gasteiger partial charge < -0.3 is 10.2 Å². The molecule has 0 saturated carbocycles. The number of carbonyl (C=O) groups is 1. The van der Waals surface area contributed by atoms with E-state index in [1.807, 2.05) is 73.5 Å². The van der Waals surface area contributed by atoms with Crippen molar-refractivity contribution in [1.29, 1.82) is 0 Å². The summed E-state index contributed by atoms with van der Waals surface area (Å²) < 4.78 is 1.04. The van der Waals surface area contributed by atoms with E-state index in [-0.39, 0.29) is 11.9 Å². The van der Waals surface area contributed by atoms with Crippen LogP contribution in [0.2, 0.25) is 0 Å². The maximum atomic E-state index is 12.1. The molecule has 1 atom stereocenters. The molecule has 0 saturated heterocycles. The molecule has 0 fully saturated rings. The fraction of sp³-hybridized carbons (Fsp3) is 0.235. The average molecular weight is 347 g/mol. The highest BCUT2D eigenvalue weighted by Gasteiger charge is 2.11. The molecule has 0 aromatic heterocycles. The largest absolute Gasteiger partial charge is 0.365 e.